The van der Waals surface area contributed by atoms with Crippen molar-refractivity contribution in [2.24, 2.45) is 10.6 Å². The van der Waals surface area contributed by atoms with Crippen LogP contribution >= 0.6 is 35.1 Å². The molecule has 244 valence electrons. The van der Waals surface area contributed by atoms with E-state index in [2.05, 4.69) is 40.3 Å². The van der Waals surface area contributed by atoms with Crippen LogP contribution in [-0.2, 0) is 25.8 Å². The van der Waals surface area contributed by atoms with Crippen LogP contribution in [0.5, 0.6) is 0 Å². The van der Waals surface area contributed by atoms with Gasteiger partial charge in [0.2, 0.25) is 22.6 Å². The third-order valence-electron chi connectivity index (χ3n) is 8.62. The highest BCUT2D eigenvalue weighted by molar-refractivity contribution is 8.00. The number of nitrogens with zero attached hydrogens (tertiary/aromatic N) is 9. The van der Waals surface area contributed by atoms with Gasteiger partial charge in [-0.2, -0.15) is 9.36 Å². The van der Waals surface area contributed by atoms with Crippen molar-refractivity contribution >= 4 is 63.7 Å². The zero-order chi connectivity index (χ0) is 31.4. The molecular formula is C26H37N11O5S3. The number of anilines is 1. The molecule has 0 bridgehead atoms. The van der Waals surface area contributed by atoms with Crippen molar-refractivity contribution in [2.75, 3.05) is 43.4 Å². The number of likely N-dealkylation sites (tertiary alicyclic amines) is 1. The minimum atomic E-state index is -1.20. The average Bonchev–Trinajstić information content (AvgIpc) is 3.83. The first-order valence-corrected chi connectivity index (χ1v) is 18.0. The second kappa shape index (κ2) is 14.2. The molecule has 19 heteroatoms. The number of tetrazole rings is 1. The molecule has 4 fully saturated rings. The molecule has 3 aliphatic heterocycles. The van der Waals surface area contributed by atoms with Crippen molar-refractivity contribution in [1.82, 2.24) is 44.7 Å². The fourth-order valence-electron chi connectivity index (χ4n) is 6.02. The Bertz CT molecular complexity index is 1410. The number of carbonyl (C=O) groups excluding carboxylic acids is 2. The van der Waals surface area contributed by atoms with Crippen LogP contribution in [0.15, 0.2) is 10.3 Å². The highest BCUT2D eigenvalue weighted by atomic mass is 32.2. The molecule has 16 nitrogen and oxygen atoms in total. The van der Waals surface area contributed by atoms with E-state index in [1.807, 2.05) is 0 Å². The SMILES string of the molecule is Nc1nc(C(=NOC2CCCC2)C(=O)NC2C(=O)N3CC(CSc4nnnn4CCCN4CCCCC4)(C(=O)O)CS[C@H]23)ns1. The Morgan fingerprint density at radius 3 is 2.71 bits per heavy atom. The number of carboxylic acid groups (broad SMARTS) is 1. The topological polar surface area (TPSA) is 207 Å². The van der Waals surface area contributed by atoms with Gasteiger partial charge in [-0.1, -0.05) is 23.3 Å². The van der Waals surface area contributed by atoms with E-state index in [9.17, 15) is 19.5 Å². The van der Waals surface area contributed by atoms with Crippen molar-refractivity contribution in [2.45, 2.75) is 80.6 Å². The summed E-state index contributed by atoms with van der Waals surface area (Å²) in [4.78, 5) is 52.8. The fraction of sp³-hybridized carbons (Fsp3) is 0.731. The van der Waals surface area contributed by atoms with Crippen LogP contribution in [0.25, 0.3) is 0 Å². The number of fused-ring (bicyclic) bond motifs is 1. The normalized spacial score (nSPS) is 26.0. The van der Waals surface area contributed by atoms with Gasteiger partial charge in [0.1, 0.15) is 22.9 Å². The third kappa shape index (κ3) is 7.20. The monoisotopic (exact) mass is 679 g/mol. The van der Waals surface area contributed by atoms with Gasteiger partial charge in [0.05, 0.1) is 0 Å². The van der Waals surface area contributed by atoms with E-state index in [0.29, 0.717) is 11.7 Å². The minimum absolute atomic E-state index is 0.0185. The van der Waals surface area contributed by atoms with Crippen LogP contribution in [0.1, 0.15) is 57.2 Å². The van der Waals surface area contributed by atoms with Crippen molar-refractivity contribution < 1.29 is 24.3 Å². The lowest BCUT2D eigenvalue weighted by molar-refractivity contribution is -0.157. The molecule has 1 aliphatic carbocycles. The number of amides is 2. The number of aliphatic carboxylic acids is 1. The molecule has 2 unspecified atom stereocenters. The molecule has 45 heavy (non-hydrogen) atoms. The Labute approximate surface area is 272 Å². The Morgan fingerprint density at radius 1 is 1.18 bits per heavy atom. The van der Waals surface area contributed by atoms with Crippen molar-refractivity contribution in [1.29, 1.82) is 0 Å². The van der Waals surface area contributed by atoms with Gasteiger partial charge in [-0.25, -0.2) is 4.68 Å². The van der Waals surface area contributed by atoms with Crippen LogP contribution < -0.4 is 11.1 Å². The lowest BCUT2D eigenvalue weighted by Crippen LogP contribution is -2.74. The molecule has 4 aliphatic rings. The van der Waals surface area contributed by atoms with Gasteiger partial charge in [0.25, 0.3) is 5.91 Å². The first-order chi connectivity index (χ1) is 21.8. The number of thioether (sulfide) groups is 2. The average molecular weight is 680 g/mol. The Kier molecular flexibility index (Phi) is 10.1. The summed E-state index contributed by atoms with van der Waals surface area (Å²) < 4.78 is 5.83. The zero-order valence-electron chi connectivity index (χ0n) is 24.7. The van der Waals surface area contributed by atoms with Crippen LogP contribution in [-0.4, -0.2) is 123 Å². The quantitative estimate of drug-likeness (QED) is 0.116. The number of hydrogen-bond donors (Lipinski definition) is 3. The first-order valence-electron chi connectivity index (χ1n) is 15.2. The molecule has 2 amide bonds. The van der Waals surface area contributed by atoms with E-state index < -0.39 is 28.7 Å². The molecule has 6 rings (SSSR count). The number of carboxylic acids is 1. The van der Waals surface area contributed by atoms with Crippen molar-refractivity contribution in [3.8, 4) is 0 Å². The number of rotatable bonds is 13. The largest absolute Gasteiger partial charge is 0.481 e. The summed E-state index contributed by atoms with van der Waals surface area (Å²) in [5.74, 6) is -1.52. The molecule has 3 saturated heterocycles. The number of β-lactam (4-membered cyclic amide) rings is 1. The number of aryl methyl sites for hydroxylation is 1. The Balaban J connectivity index is 1.05. The molecule has 5 heterocycles. The summed E-state index contributed by atoms with van der Waals surface area (Å²) in [6.45, 7) is 3.89. The van der Waals surface area contributed by atoms with E-state index >= 15 is 0 Å². The molecule has 0 spiro atoms. The third-order valence-corrected chi connectivity index (χ3v) is 12.0. The lowest BCUT2D eigenvalue weighted by atomic mass is 9.89. The number of nitrogen functional groups attached to an aromatic ring is 1. The highest BCUT2D eigenvalue weighted by Crippen LogP contribution is 2.44. The number of nitrogens with two attached hydrogens (primary N) is 1. The summed E-state index contributed by atoms with van der Waals surface area (Å²) in [7, 11) is 0. The second-order valence-electron chi connectivity index (χ2n) is 11.8. The van der Waals surface area contributed by atoms with Crippen molar-refractivity contribution in [3.63, 3.8) is 0 Å². The van der Waals surface area contributed by atoms with Gasteiger partial charge >= 0.3 is 5.97 Å². The number of nitrogens with one attached hydrogen (secondary N) is 1. The van der Waals surface area contributed by atoms with Crippen LogP contribution in [0.4, 0.5) is 5.13 Å². The molecule has 0 aromatic carbocycles. The van der Waals surface area contributed by atoms with Gasteiger partial charge in [-0.3, -0.25) is 14.4 Å². The lowest BCUT2D eigenvalue weighted by Gasteiger charge is -2.53. The van der Waals surface area contributed by atoms with Gasteiger partial charge in [-0.15, -0.1) is 16.9 Å². The predicted molar refractivity (Wildman–Crippen MR) is 168 cm³/mol. The summed E-state index contributed by atoms with van der Waals surface area (Å²) >= 11 is 3.55. The van der Waals surface area contributed by atoms with E-state index in [4.69, 9.17) is 10.6 Å². The molecule has 3 atom stereocenters. The second-order valence-corrected chi connectivity index (χ2v) is 14.7. The van der Waals surface area contributed by atoms with Gasteiger partial charge < -0.3 is 30.8 Å². The van der Waals surface area contributed by atoms with E-state index in [0.717, 1.165) is 63.3 Å². The van der Waals surface area contributed by atoms with E-state index in [1.54, 1.807) is 4.68 Å². The first kappa shape index (κ1) is 31.9. The Hall–Kier alpha value is -3.03. The number of hydrogen-bond acceptors (Lipinski definition) is 15. The maximum atomic E-state index is 13.3. The maximum absolute atomic E-state index is 13.3. The molecule has 0 radical (unpaired) electrons. The zero-order valence-corrected chi connectivity index (χ0v) is 27.2. The van der Waals surface area contributed by atoms with E-state index in [-0.39, 0.29) is 46.7 Å². The van der Waals surface area contributed by atoms with Gasteiger partial charge in [0, 0.05) is 36.1 Å². The summed E-state index contributed by atoms with van der Waals surface area (Å²) in [6.07, 6.45) is 8.32. The molecule has 1 saturated carbocycles. The number of carbonyl (C=O) groups is 3. The molecule has 2 aromatic heterocycles. The standard InChI is InChI=1S/C26H37N11O5S3/c27-24-29-19(32-45-24)17(31-42-16-7-2-3-8-16)20(38)28-18-21(39)36-13-26(23(40)41,14-43-22(18)36)15-44-25-30-33-34-37(25)12-6-11-35-9-4-1-5-10-35/h16,18,22H,1-15H2,(H,28,38)(H,40,41)(H2,27,29,32)/t18?,22-,26?/m1/s1. The van der Waals surface area contributed by atoms with Crippen LogP contribution in [0.3, 0.4) is 0 Å². The van der Waals surface area contributed by atoms with Gasteiger partial charge in [0.15, 0.2) is 5.13 Å². The highest BCUT2D eigenvalue weighted by Gasteiger charge is 2.57. The minimum Gasteiger partial charge on any atom is -0.481 e. The maximum Gasteiger partial charge on any atom is 0.313 e. The fourth-order valence-corrected chi connectivity index (χ4v) is 9.22. The number of aromatic nitrogens is 6. The van der Waals surface area contributed by atoms with Crippen LogP contribution in [0.2, 0.25) is 0 Å². The Morgan fingerprint density at radius 2 is 1.98 bits per heavy atom. The summed E-state index contributed by atoms with van der Waals surface area (Å²) in [5, 5.41) is 29.5. The van der Waals surface area contributed by atoms with Crippen molar-refractivity contribution in [3.05, 3.63) is 5.82 Å². The predicted octanol–water partition coefficient (Wildman–Crippen LogP) is 0.909. The van der Waals surface area contributed by atoms with E-state index in [1.165, 1.54) is 47.7 Å². The molecule has 2 aromatic rings. The van der Waals surface area contributed by atoms with Crippen LogP contribution in [0, 0.1) is 5.41 Å². The summed E-state index contributed by atoms with van der Waals surface area (Å²) in [5.41, 5.74) is 4.39. The molecular weight excluding hydrogens is 643 g/mol. The number of oxime groups is 1. The van der Waals surface area contributed by atoms with Gasteiger partial charge in [-0.05, 0) is 75.0 Å². The number of piperidine rings is 1. The molecule has 4 N–H and O–H groups in total. The smallest absolute Gasteiger partial charge is 0.313 e. The summed E-state index contributed by atoms with van der Waals surface area (Å²) in [6, 6.07) is -0.846.